The molecule has 17 heavy (non-hydrogen) atoms. The van der Waals surface area contributed by atoms with E-state index in [0.717, 1.165) is 27.4 Å². The van der Waals surface area contributed by atoms with E-state index in [0.29, 0.717) is 6.54 Å². The number of rotatable bonds is 4. The lowest BCUT2D eigenvalue weighted by Gasteiger charge is -2.02. The van der Waals surface area contributed by atoms with E-state index >= 15 is 0 Å². The van der Waals surface area contributed by atoms with Crippen molar-refractivity contribution in [3.63, 3.8) is 0 Å². The highest BCUT2D eigenvalue weighted by Gasteiger charge is 2.10. The molecule has 0 saturated carbocycles. The molecule has 90 valence electrons. The summed E-state index contributed by atoms with van der Waals surface area (Å²) in [5.41, 5.74) is 1.92. The van der Waals surface area contributed by atoms with Crippen LogP contribution in [0.2, 0.25) is 0 Å². The molecule has 0 bridgehead atoms. The number of hydrogen-bond donors (Lipinski definition) is 2. The highest BCUT2D eigenvalue weighted by Crippen LogP contribution is 2.28. The summed E-state index contributed by atoms with van der Waals surface area (Å²) in [5.74, 6) is 1.73. The number of ether oxygens (including phenoxy) is 1. The normalized spacial score (nSPS) is 10.5. The minimum atomic E-state index is 0.711. The van der Waals surface area contributed by atoms with Crippen LogP contribution in [0.15, 0.2) is 28.9 Å². The van der Waals surface area contributed by atoms with Gasteiger partial charge in [-0.15, -0.1) is 0 Å². The molecule has 2 aromatic rings. The first-order valence-corrected chi connectivity index (χ1v) is 6.07. The Morgan fingerprint density at radius 1 is 1.47 bits per heavy atom. The van der Waals surface area contributed by atoms with Crippen molar-refractivity contribution in [3.8, 4) is 17.0 Å². The molecule has 1 aromatic heterocycles. The number of hydrogen-bond acceptors (Lipinski definition) is 3. The van der Waals surface area contributed by atoms with E-state index in [1.165, 1.54) is 0 Å². The Kier molecular flexibility index (Phi) is 3.81. The number of benzene rings is 1. The van der Waals surface area contributed by atoms with Gasteiger partial charge in [-0.25, -0.2) is 4.98 Å². The molecular formula is C12H14BrN3O. The second-order valence-electron chi connectivity index (χ2n) is 3.61. The Bertz CT molecular complexity index is 510. The molecule has 1 aromatic carbocycles. The first-order valence-electron chi connectivity index (χ1n) is 5.28. The smallest absolute Gasteiger partial charge is 0.121 e. The molecule has 0 amide bonds. The number of aromatic amines is 1. The molecule has 0 unspecified atom stereocenters. The molecule has 5 heteroatoms. The van der Waals surface area contributed by atoms with Crippen molar-refractivity contribution in [1.82, 2.24) is 15.3 Å². The average Bonchev–Trinajstić information content (AvgIpc) is 2.71. The maximum Gasteiger partial charge on any atom is 0.121 e. The summed E-state index contributed by atoms with van der Waals surface area (Å²) in [6.45, 7) is 0.711. The van der Waals surface area contributed by atoms with Gasteiger partial charge in [0.05, 0.1) is 13.7 Å². The van der Waals surface area contributed by atoms with Crippen LogP contribution in [0.3, 0.4) is 0 Å². The van der Waals surface area contributed by atoms with E-state index in [9.17, 15) is 0 Å². The number of nitrogens with zero attached hydrogens (tertiary/aromatic N) is 1. The van der Waals surface area contributed by atoms with Gasteiger partial charge >= 0.3 is 0 Å². The van der Waals surface area contributed by atoms with Crippen LogP contribution >= 0.6 is 15.9 Å². The van der Waals surface area contributed by atoms with E-state index in [1.807, 2.05) is 31.3 Å². The number of H-pyrrole nitrogens is 1. The Balaban J connectivity index is 2.37. The predicted molar refractivity (Wildman–Crippen MR) is 71.0 cm³/mol. The number of aromatic nitrogens is 2. The Morgan fingerprint density at radius 2 is 2.29 bits per heavy atom. The van der Waals surface area contributed by atoms with Gasteiger partial charge in [0.15, 0.2) is 0 Å². The minimum Gasteiger partial charge on any atom is -0.497 e. The lowest BCUT2D eigenvalue weighted by molar-refractivity contribution is 0.415. The first-order chi connectivity index (χ1) is 8.24. The molecule has 0 radical (unpaired) electrons. The Morgan fingerprint density at radius 3 is 3.00 bits per heavy atom. The van der Waals surface area contributed by atoms with E-state index in [-0.39, 0.29) is 0 Å². The van der Waals surface area contributed by atoms with Crippen LogP contribution in [0, 0.1) is 0 Å². The fraction of sp³-hybridized carbons (Fsp3) is 0.250. The first kappa shape index (κ1) is 12.1. The third-order valence-electron chi connectivity index (χ3n) is 2.40. The standard InChI is InChI=1S/C12H14BrN3O/c1-14-7-10-15-11(12(13)16-10)8-4-3-5-9(6-8)17-2/h3-6,14H,7H2,1-2H3,(H,15,16). The molecule has 0 aliphatic carbocycles. The van der Waals surface area contributed by atoms with Gasteiger partial charge in [-0.3, -0.25) is 0 Å². The van der Waals surface area contributed by atoms with Gasteiger partial charge in [-0.05, 0) is 35.1 Å². The van der Waals surface area contributed by atoms with Gasteiger partial charge in [0, 0.05) is 5.56 Å². The van der Waals surface area contributed by atoms with Crippen LogP contribution in [0.4, 0.5) is 0 Å². The Labute approximate surface area is 109 Å². The maximum atomic E-state index is 5.20. The summed E-state index contributed by atoms with van der Waals surface area (Å²) in [5, 5.41) is 3.06. The van der Waals surface area contributed by atoms with Gasteiger partial charge in [-0.2, -0.15) is 0 Å². The summed E-state index contributed by atoms with van der Waals surface area (Å²) < 4.78 is 6.09. The predicted octanol–water partition coefficient (Wildman–Crippen LogP) is 2.57. The zero-order valence-corrected chi connectivity index (χ0v) is 11.3. The quantitative estimate of drug-likeness (QED) is 0.911. The zero-order chi connectivity index (χ0) is 12.3. The average molecular weight is 296 g/mol. The van der Waals surface area contributed by atoms with Gasteiger partial charge in [-0.1, -0.05) is 12.1 Å². The van der Waals surface area contributed by atoms with Crippen molar-refractivity contribution in [3.05, 3.63) is 34.7 Å². The summed E-state index contributed by atoms with van der Waals surface area (Å²) in [6, 6.07) is 7.84. The minimum absolute atomic E-state index is 0.711. The van der Waals surface area contributed by atoms with Crippen molar-refractivity contribution < 1.29 is 4.74 Å². The molecular weight excluding hydrogens is 282 g/mol. The van der Waals surface area contributed by atoms with Crippen molar-refractivity contribution >= 4 is 15.9 Å². The van der Waals surface area contributed by atoms with E-state index < -0.39 is 0 Å². The number of methoxy groups -OCH3 is 1. The highest BCUT2D eigenvalue weighted by molar-refractivity contribution is 9.10. The van der Waals surface area contributed by atoms with Crippen molar-refractivity contribution in [2.45, 2.75) is 6.54 Å². The third-order valence-corrected chi connectivity index (χ3v) is 2.97. The lowest BCUT2D eigenvalue weighted by Crippen LogP contribution is -2.06. The zero-order valence-electron chi connectivity index (χ0n) is 9.75. The molecule has 2 rings (SSSR count). The van der Waals surface area contributed by atoms with Crippen molar-refractivity contribution in [2.75, 3.05) is 14.2 Å². The monoisotopic (exact) mass is 295 g/mol. The SMILES string of the molecule is CNCc1nc(-c2cccc(OC)c2)c(Br)[nH]1. The number of nitrogens with one attached hydrogen (secondary N) is 2. The van der Waals surface area contributed by atoms with Gasteiger partial charge in [0.25, 0.3) is 0 Å². The molecule has 2 N–H and O–H groups in total. The summed E-state index contributed by atoms with van der Waals surface area (Å²) in [4.78, 5) is 7.71. The molecule has 0 aliphatic heterocycles. The molecule has 0 aliphatic rings. The fourth-order valence-corrected chi connectivity index (χ4v) is 2.16. The molecule has 0 atom stereocenters. The maximum absolute atomic E-state index is 5.20. The molecule has 0 fully saturated rings. The largest absolute Gasteiger partial charge is 0.497 e. The van der Waals surface area contributed by atoms with Gasteiger partial charge in [0.1, 0.15) is 21.9 Å². The van der Waals surface area contributed by atoms with Crippen LogP contribution in [0.1, 0.15) is 5.82 Å². The van der Waals surface area contributed by atoms with Gasteiger partial charge in [0.2, 0.25) is 0 Å². The summed E-state index contributed by atoms with van der Waals surface area (Å²) in [7, 11) is 3.55. The highest BCUT2D eigenvalue weighted by atomic mass is 79.9. The van der Waals surface area contributed by atoms with Gasteiger partial charge < -0.3 is 15.0 Å². The van der Waals surface area contributed by atoms with Crippen LogP contribution in [-0.2, 0) is 6.54 Å². The van der Waals surface area contributed by atoms with E-state index in [2.05, 4.69) is 31.2 Å². The summed E-state index contributed by atoms with van der Waals surface area (Å²) in [6.07, 6.45) is 0. The molecule has 0 saturated heterocycles. The molecule has 1 heterocycles. The van der Waals surface area contributed by atoms with Crippen LogP contribution in [0.5, 0.6) is 5.75 Å². The van der Waals surface area contributed by atoms with Crippen molar-refractivity contribution in [2.24, 2.45) is 0 Å². The Hall–Kier alpha value is -1.33. The van der Waals surface area contributed by atoms with Crippen LogP contribution in [-0.4, -0.2) is 24.1 Å². The lowest BCUT2D eigenvalue weighted by atomic mass is 10.1. The number of halogens is 1. The topological polar surface area (TPSA) is 49.9 Å². The number of imidazole rings is 1. The van der Waals surface area contributed by atoms with Crippen LogP contribution in [0.25, 0.3) is 11.3 Å². The third kappa shape index (κ3) is 2.68. The second-order valence-corrected chi connectivity index (χ2v) is 4.40. The second kappa shape index (κ2) is 5.33. The van der Waals surface area contributed by atoms with Crippen molar-refractivity contribution in [1.29, 1.82) is 0 Å². The molecule has 0 spiro atoms. The fourth-order valence-electron chi connectivity index (χ4n) is 1.61. The van der Waals surface area contributed by atoms with Crippen LogP contribution < -0.4 is 10.1 Å². The summed E-state index contributed by atoms with van der Waals surface area (Å²) >= 11 is 3.48. The van der Waals surface area contributed by atoms with E-state index in [1.54, 1.807) is 7.11 Å². The molecule has 4 nitrogen and oxygen atoms in total. The van der Waals surface area contributed by atoms with E-state index in [4.69, 9.17) is 4.74 Å².